The van der Waals surface area contributed by atoms with E-state index in [2.05, 4.69) is 31.9 Å². The van der Waals surface area contributed by atoms with Gasteiger partial charge in [0.25, 0.3) is 0 Å². The Balaban J connectivity index is 2.51. The lowest BCUT2D eigenvalue weighted by molar-refractivity contribution is 0.104. The summed E-state index contributed by atoms with van der Waals surface area (Å²) in [4.78, 5) is 13.2. The Kier molecular flexibility index (Phi) is 3.85. The van der Waals surface area contributed by atoms with Gasteiger partial charge in [-0.1, -0.05) is 18.2 Å². The van der Waals surface area contributed by atoms with Crippen molar-refractivity contribution in [2.75, 3.05) is 0 Å². The summed E-state index contributed by atoms with van der Waals surface area (Å²) in [6, 6.07) is 5.82. The monoisotopic (exact) mass is 372 g/mol. The molecule has 0 aliphatic rings. The zero-order valence-corrected chi connectivity index (χ0v) is 13.4. The lowest BCUT2D eigenvalue weighted by atomic mass is 9.99. The highest BCUT2D eigenvalue weighted by Crippen LogP contribution is 2.34. The second-order valence-corrected chi connectivity index (χ2v) is 6.33. The Morgan fingerprint density at radius 2 is 1.94 bits per heavy atom. The number of ketones is 1. The number of thiophene rings is 1. The molecule has 0 unspecified atom stereocenters. The minimum Gasteiger partial charge on any atom is -0.288 e. The molecule has 0 N–H and O–H groups in total. The Morgan fingerprint density at radius 1 is 1.24 bits per heavy atom. The quantitative estimate of drug-likeness (QED) is 0.667. The zero-order valence-electron chi connectivity index (χ0n) is 9.38. The smallest absolute Gasteiger partial charge is 0.204 e. The summed E-state index contributed by atoms with van der Waals surface area (Å²) in [5, 5.41) is 1.92. The fraction of sp³-hybridized carbons (Fsp3) is 0.154. The van der Waals surface area contributed by atoms with Crippen LogP contribution < -0.4 is 0 Å². The summed E-state index contributed by atoms with van der Waals surface area (Å²) < 4.78 is 1.77. The van der Waals surface area contributed by atoms with E-state index in [1.165, 1.54) is 11.3 Å². The standard InChI is InChI=1S/C13H10Br2OS/c1-7-4-3-5-9(8(7)2)12(16)13-11(15)10(14)6-17-13/h3-6H,1-2H3. The molecule has 0 amide bonds. The van der Waals surface area contributed by atoms with Crippen molar-refractivity contribution in [3.63, 3.8) is 0 Å². The van der Waals surface area contributed by atoms with Crippen molar-refractivity contribution in [1.29, 1.82) is 0 Å². The van der Waals surface area contributed by atoms with E-state index < -0.39 is 0 Å². The van der Waals surface area contributed by atoms with Crippen LogP contribution in [0, 0.1) is 13.8 Å². The van der Waals surface area contributed by atoms with Gasteiger partial charge in [0, 0.05) is 15.4 Å². The maximum absolute atomic E-state index is 12.4. The molecule has 0 saturated carbocycles. The topological polar surface area (TPSA) is 17.1 Å². The first kappa shape index (κ1) is 13.0. The van der Waals surface area contributed by atoms with Gasteiger partial charge in [0.1, 0.15) is 0 Å². The first-order valence-electron chi connectivity index (χ1n) is 5.05. The number of carbonyl (C=O) groups is 1. The number of aryl methyl sites for hydroxylation is 1. The minimum absolute atomic E-state index is 0.0776. The van der Waals surface area contributed by atoms with Crippen LogP contribution in [0.4, 0.5) is 0 Å². The molecule has 88 valence electrons. The number of hydrogen-bond acceptors (Lipinski definition) is 2. The zero-order chi connectivity index (χ0) is 12.6. The van der Waals surface area contributed by atoms with Crippen molar-refractivity contribution < 1.29 is 4.79 Å². The summed E-state index contributed by atoms with van der Waals surface area (Å²) in [5.41, 5.74) is 2.97. The van der Waals surface area contributed by atoms with Gasteiger partial charge in [-0.3, -0.25) is 4.79 Å². The fourth-order valence-corrected chi connectivity index (χ4v) is 3.70. The Morgan fingerprint density at radius 3 is 2.53 bits per heavy atom. The van der Waals surface area contributed by atoms with E-state index in [0.717, 1.165) is 30.5 Å². The van der Waals surface area contributed by atoms with Crippen LogP contribution in [0.2, 0.25) is 0 Å². The highest BCUT2D eigenvalue weighted by atomic mass is 79.9. The number of halogens is 2. The van der Waals surface area contributed by atoms with Crippen molar-refractivity contribution in [2.45, 2.75) is 13.8 Å². The van der Waals surface area contributed by atoms with Gasteiger partial charge in [-0.05, 0) is 56.8 Å². The molecule has 17 heavy (non-hydrogen) atoms. The van der Waals surface area contributed by atoms with Crippen molar-refractivity contribution in [2.24, 2.45) is 0 Å². The van der Waals surface area contributed by atoms with Gasteiger partial charge in [-0.15, -0.1) is 11.3 Å². The van der Waals surface area contributed by atoms with Crippen LogP contribution in [0.5, 0.6) is 0 Å². The molecule has 1 nitrogen and oxygen atoms in total. The highest BCUT2D eigenvalue weighted by molar-refractivity contribution is 9.13. The van der Waals surface area contributed by atoms with E-state index in [1.807, 2.05) is 37.4 Å². The molecular formula is C13H10Br2OS. The van der Waals surface area contributed by atoms with Crippen LogP contribution in [0.1, 0.15) is 26.4 Å². The molecule has 4 heteroatoms. The Labute approximate surface area is 121 Å². The first-order chi connectivity index (χ1) is 8.02. The normalized spacial score (nSPS) is 10.6. The number of benzene rings is 1. The van der Waals surface area contributed by atoms with Crippen molar-refractivity contribution in [1.82, 2.24) is 0 Å². The fourth-order valence-electron chi connectivity index (χ4n) is 1.60. The average Bonchev–Trinajstić information content (AvgIpc) is 2.63. The van der Waals surface area contributed by atoms with Crippen LogP contribution in [0.15, 0.2) is 32.5 Å². The number of carbonyl (C=O) groups excluding carboxylic acids is 1. The van der Waals surface area contributed by atoms with E-state index in [4.69, 9.17) is 0 Å². The number of rotatable bonds is 2. The molecule has 2 aromatic rings. The third-order valence-corrected chi connectivity index (χ3v) is 6.27. The third kappa shape index (κ3) is 2.39. The van der Waals surface area contributed by atoms with Crippen molar-refractivity contribution >= 4 is 49.0 Å². The van der Waals surface area contributed by atoms with E-state index >= 15 is 0 Å². The summed E-state index contributed by atoms with van der Waals surface area (Å²) in [6.07, 6.45) is 0. The van der Waals surface area contributed by atoms with Crippen LogP contribution in [-0.2, 0) is 0 Å². The second-order valence-electron chi connectivity index (χ2n) is 3.80. The largest absolute Gasteiger partial charge is 0.288 e. The molecule has 1 aromatic heterocycles. The SMILES string of the molecule is Cc1cccc(C(=O)c2scc(Br)c2Br)c1C. The van der Waals surface area contributed by atoms with Crippen LogP contribution >= 0.6 is 43.2 Å². The van der Waals surface area contributed by atoms with Crippen LogP contribution in [-0.4, -0.2) is 5.78 Å². The molecule has 0 radical (unpaired) electrons. The summed E-state index contributed by atoms with van der Waals surface area (Å²) >= 11 is 8.29. The lowest BCUT2D eigenvalue weighted by Gasteiger charge is -2.06. The molecule has 0 spiro atoms. The third-order valence-electron chi connectivity index (χ3n) is 2.74. The van der Waals surface area contributed by atoms with E-state index in [9.17, 15) is 4.79 Å². The molecule has 0 saturated heterocycles. The molecule has 2 rings (SSSR count). The van der Waals surface area contributed by atoms with Crippen molar-refractivity contribution in [3.8, 4) is 0 Å². The highest BCUT2D eigenvalue weighted by Gasteiger charge is 2.18. The second kappa shape index (κ2) is 5.04. The lowest BCUT2D eigenvalue weighted by Crippen LogP contribution is -2.03. The summed E-state index contributed by atoms with van der Waals surface area (Å²) in [5.74, 6) is 0.0776. The van der Waals surface area contributed by atoms with E-state index in [-0.39, 0.29) is 5.78 Å². The maximum atomic E-state index is 12.4. The molecular weight excluding hydrogens is 364 g/mol. The van der Waals surface area contributed by atoms with Gasteiger partial charge >= 0.3 is 0 Å². The predicted octanol–water partition coefficient (Wildman–Crippen LogP) is 5.12. The molecule has 1 aromatic carbocycles. The predicted molar refractivity (Wildman–Crippen MR) is 79.1 cm³/mol. The van der Waals surface area contributed by atoms with Gasteiger partial charge in [0.05, 0.1) is 9.35 Å². The average molecular weight is 374 g/mol. The molecule has 0 fully saturated rings. The van der Waals surface area contributed by atoms with E-state index in [1.54, 1.807) is 0 Å². The summed E-state index contributed by atoms with van der Waals surface area (Å²) in [7, 11) is 0. The van der Waals surface area contributed by atoms with Gasteiger partial charge in [-0.2, -0.15) is 0 Å². The Bertz CT molecular complexity index is 587. The molecule has 0 aliphatic carbocycles. The molecule has 0 bridgehead atoms. The minimum atomic E-state index is 0.0776. The van der Waals surface area contributed by atoms with Crippen LogP contribution in [0.25, 0.3) is 0 Å². The van der Waals surface area contributed by atoms with Gasteiger partial charge in [0.15, 0.2) is 0 Å². The first-order valence-corrected chi connectivity index (χ1v) is 7.52. The Hall–Kier alpha value is -0.450. The van der Waals surface area contributed by atoms with E-state index in [0.29, 0.717) is 0 Å². The van der Waals surface area contributed by atoms with Gasteiger partial charge in [0.2, 0.25) is 5.78 Å². The van der Waals surface area contributed by atoms with Gasteiger partial charge in [-0.25, -0.2) is 0 Å². The van der Waals surface area contributed by atoms with Crippen molar-refractivity contribution in [3.05, 3.63) is 54.1 Å². The number of hydrogen-bond donors (Lipinski definition) is 0. The van der Waals surface area contributed by atoms with Crippen LogP contribution in [0.3, 0.4) is 0 Å². The maximum Gasteiger partial charge on any atom is 0.204 e. The molecule has 0 aliphatic heterocycles. The molecule has 1 heterocycles. The summed E-state index contributed by atoms with van der Waals surface area (Å²) in [6.45, 7) is 4.00. The van der Waals surface area contributed by atoms with Gasteiger partial charge < -0.3 is 0 Å². The molecule has 0 atom stereocenters.